The first-order chi connectivity index (χ1) is 6.70. The molecule has 0 aromatic rings. The predicted octanol–water partition coefficient (Wildman–Crippen LogP) is 3.45. The molecule has 0 heterocycles. The normalized spacial score (nSPS) is 14.1. The van der Waals surface area contributed by atoms with Crippen LogP contribution in [0.5, 0.6) is 0 Å². The van der Waals surface area contributed by atoms with Crippen LogP contribution in [0.25, 0.3) is 0 Å². The fourth-order valence-electron chi connectivity index (χ4n) is 0.776. The van der Waals surface area contributed by atoms with E-state index in [9.17, 15) is 9.18 Å². The number of hydrogen-bond acceptors (Lipinski definition) is 2. The van der Waals surface area contributed by atoms with E-state index in [2.05, 4.69) is 33.9 Å². The number of hydrogen-bond donors (Lipinski definition) is 0. The van der Waals surface area contributed by atoms with Crippen LogP contribution in [0.2, 0.25) is 18.1 Å². The number of halogens is 1. The number of allylic oxidation sites excluding steroid dienone is 1. The van der Waals surface area contributed by atoms with Crippen molar-refractivity contribution in [3.05, 3.63) is 11.9 Å². The molecule has 88 valence electrons. The van der Waals surface area contributed by atoms with Gasteiger partial charge in [-0.3, -0.25) is 4.79 Å². The van der Waals surface area contributed by atoms with Gasteiger partial charge in [0.1, 0.15) is 0 Å². The first-order valence-electron chi connectivity index (χ1n) is 5.15. The van der Waals surface area contributed by atoms with Gasteiger partial charge in [0.2, 0.25) is 0 Å². The molecule has 0 aliphatic carbocycles. The molecule has 0 aromatic heterocycles. The Kier molecular flexibility index (Phi) is 5.38. The van der Waals surface area contributed by atoms with Gasteiger partial charge in [0.05, 0.1) is 0 Å². The fraction of sp³-hybridized carbons (Fsp3) is 0.727. The molecule has 2 nitrogen and oxygen atoms in total. The molecule has 0 saturated heterocycles. The van der Waals surface area contributed by atoms with E-state index >= 15 is 0 Å². The summed E-state index contributed by atoms with van der Waals surface area (Å²) in [6.45, 7) is 11.2. The number of carbonyl (C=O) groups is 1. The highest BCUT2D eigenvalue weighted by atomic mass is 28.4. The van der Waals surface area contributed by atoms with Gasteiger partial charge in [-0.1, -0.05) is 20.8 Å². The molecule has 0 spiro atoms. The molecule has 0 atom stereocenters. The van der Waals surface area contributed by atoms with Gasteiger partial charge in [-0.25, -0.2) is 4.39 Å². The van der Waals surface area contributed by atoms with Crippen molar-refractivity contribution in [1.29, 1.82) is 0 Å². The van der Waals surface area contributed by atoms with Crippen molar-refractivity contribution in [2.75, 3.05) is 6.61 Å². The highest BCUT2D eigenvalue weighted by Gasteiger charge is 2.36. The van der Waals surface area contributed by atoms with Crippen molar-refractivity contribution in [3.8, 4) is 0 Å². The average molecular weight is 232 g/mol. The third-order valence-electron chi connectivity index (χ3n) is 2.84. The van der Waals surface area contributed by atoms with Crippen LogP contribution in [0.3, 0.4) is 0 Å². The molecular formula is C11H21FO2Si. The van der Waals surface area contributed by atoms with Crippen LogP contribution < -0.4 is 0 Å². The summed E-state index contributed by atoms with van der Waals surface area (Å²) in [5.41, 5.74) is 0. The lowest BCUT2D eigenvalue weighted by Crippen LogP contribution is -2.40. The van der Waals surface area contributed by atoms with Crippen LogP contribution in [0, 0.1) is 0 Å². The van der Waals surface area contributed by atoms with Crippen molar-refractivity contribution >= 4 is 14.6 Å². The van der Waals surface area contributed by atoms with Gasteiger partial charge in [0, 0.05) is 6.61 Å². The molecule has 0 unspecified atom stereocenters. The van der Waals surface area contributed by atoms with Gasteiger partial charge in [-0.15, -0.1) is 0 Å². The number of carbonyl (C=O) groups excluding carboxylic acids is 1. The van der Waals surface area contributed by atoms with Crippen LogP contribution in [0.1, 0.15) is 27.2 Å². The second kappa shape index (κ2) is 5.56. The summed E-state index contributed by atoms with van der Waals surface area (Å²) in [6, 6.07) is 0. The number of aldehydes is 1. The fourth-order valence-corrected chi connectivity index (χ4v) is 1.84. The van der Waals surface area contributed by atoms with E-state index in [1.807, 2.05) is 0 Å². The largest absolute Gasteiger partial charge is 0.417 e. The maximum Gasteiger partial charge on any atom is 0.191 e. The first-order valence-corrected chi connectivity index (χ1v) is 8.06. The molecule has 0 N–H and O–H groups in total. The molecule has 0 fully saturated rings. The molecule has 0 amide bonds. The summed E-state index contributed by atoms with van der Waals surface area (Å²) < 4.78 is 18.2. The average Bonchev–Trinajstić information content (AvgIpc) is 2.10. The summed E-state index contributed by atoms with van der Waals surface area (Å²) >= 11 is 0. The summed E-state index contributed by atoms with van der Waals surface area (Å²) in [5, 5.41) is 0.167. The maximum absolute atomic E-state index is 12.4. The van der Waals surface area contributed by atoms with E-state index in [4.69, 9.17) is 4.43 Å². The summed E-state index contributed by atoms with van der Waals surface area (Å²) in [7, 11) is -1.73. The monoisotopic (exact) mass is 232 g/mol. The molecular weight excluding hydrogens is 211 g/mol. The zero-order valence-electron chi connectivity index (χ0n) is 10.3. The van der Waals surface area contributed by atoms with Crippen molar-refractivity contribution in [1.82, 2.24) is 0 Å². The van der Waals surface area contributed by atoms with Gasteiger partial charge < -0.3 is 4.43 Å². The molecule has 0 aromatic carbocycles. The van der Waals surface area contributed by atoms with E-state index < -0.39 is 14.1 Å². The predicted molar refractivity (Wildman–Crippen MR) is 63.0 cm³/mol. The molecule has 0 aliphatic rings. The Morgan fingerprint density at radius 1 is 1.40 bits per heavy atom. The number of rotatable bonds is 5. The molecule has 0 radical (unpaired) electrons. The Morgan fingerprint density at radius 2 is 1.93 bits per heavy atom. The molecule has 0 aliphatic heterocycles. The van der Waals surface area contributed by atoms with Crippen molar-refractivity contribution in [2.45, 2.75) is 45.3 Å². The van der Waals surface area contributed by atoms with Gasteiger partial charge in [0.25, 0.3) is 0 Å². The summed E-state index contributed by atoms with van der Waals surface area (Å²) in [6.07, 6.45) is 1.93. The smallest absolute Gasteiger partial charge is 0.191 e. The maximum atomic E-state index is 12.4. The van der Waals surface area contributed by atoms with E-state index in [0.29, 0.717) is 13.0 Å². The lowest BCUT2D eigenvalue weighted by Gasteiger charge is -2.36. The Morgan fingerprint density at radius 3 is 2.33 bits per heavy atom. The third kappa shape index (κ3) is 5.23. The Labute approximate surface area is 92.6 Å². The minimum Gasteiger partial charge on any atom is -0.417 e. The van der Waals surface area contributed by atoms with E-state index in [1.165, 1.54) is 6.08 Å². The standard InChI is InChI=1S/C11H21FO2Si/c1-11(2,3)15(4,5)14-8-6-7-10(12)9-13/h7,9H,6,8H2,1-5H3/b10-7+. The quantitative estimate of drug-likeness (QED) is 0.314. The zero-order valence-corrected chi connectivity index (χ0v) is 11.3. The molecule has 0 bridgehead atoms. The minimum absolute atomic E-state index is 0.167. The van der Waals surface area contributed by atoms with E-state index in [-0.39, 0.29) is 11.3 Å². The van der Waals surface area contributed by atoms with E-state index in [1.54, 1.807) is 0 Å². The summed E-state index contributed by atoms with van der Waals surface area (Å²) in [4.78, 5) is 9.98. The van der Waals surface area contributed by atoms with Crippen LogP contribution in [-0.2, 0) is 9.22 Å². The lowest BCUT2D eigenvalue weighted by atomic mass is 10.2. The lowest BCUT2D eigenvalue weighted by molar-refractivity contribution is -0.106. The molecule has 0 rings (SSSR count). The van der Waals surface area contributed by atoms with Gasteiger partial charge >= 0.3 is 0 Å². The van der Waals surface area contributed by atoms with Crippen molar-refractivity contribution < 1.29 is 13.6 Å². The van der Waals surface area contributed by atoms with Crippen molar-refractivity contribution in [2.24, 2.45) is 0 Å². The second-order valence-corrected chi connectivity index (χ2v) is 9.91. The van der Waals surface area contributed by atoms with E-state index in [0.717, 1.165) is 0 Å². The topological polar surface area (TPSA) is 26.3 Å². The zero-order chi connectivity index (χ0) is 12.1. The van der Waals surface area contributed by atoms with Crippen molar-refractivity contribution in [3.63, 3.8) is 0 Å². The Balaban J connectivity index is 4.02. The van der Waals surface area contributed by atoms with Gasteiger partial charge in [0.15, 0.2) is 20.4 Å². The molecule has 15 heavy (non-hydrogen) atoms. The second-order valence-electron chi connectivity index (χ2n) is 5.10. The molecule has 0 saturated carbocycles. The van der Waals surface area contributed by atoms with Crippen LogP contribution in [0.15, 0.2) is 11.9 Å². The first kappa shape index (κ1) is 14.5. The Hall–Kier alpha value is -0.483. The van der Waals surface area contributed by atoms with Gasteiger partial charge in [-0.05, 0) is 30.6 Å². The minimum atomic E-state index is -1.73. The SMILES string of the molecule is CC(C)(C)[Si](C)(C)OCC/C=C(/F)C=O. The molecule has 4 heteroatoms. The summed E-state index contributed by atoms with van der Waals surface area (Å²) in [5.74, 6) is -0.714. The van der Waals surface area contributed by atoms with Crippen LogP contribution in [0.4, 0.5) is 4.39 Å². The third-order valence-corrected chi connectivity index (χ3v) is 7.38. The van der Waals surface area contributed by atoms with Crippen LogP contribution in [-0.4, -0.2) is 21.2 Å². The highest BCUT2D eigenvalue weighted by molar-refractivity contribution is 6.74. The highest BCUT2D eigenvalue weighted by Crippen LogP contribution is 2.36. The van der Waals surface area contributed by atoms with Crippen LogP contribution >= 0.6 is 0 Å². The van der Waals surface area contributed by atoms with Gasteiger partial charge in [-0.2, -0.15) is 0 Å². The Bertz CT molecular complexity index is 241.